The van der Waals surface area contributed by atoms with Crippen molar-refractivity contribution < 1.29 is 8.83 Å². The van der Waals surface area contributed by atoms with E-state index < -0.39 is 0 Å². The van der Waals surface area contributed by atoms with Crippen LogP contribution in [0.15, 0.2) is 130 Å². The molecule has 0 N–H and O–H groups in total. The lowest BCUT2D eigenvalue weighted by Gasteiger charge is -2.06. The van der Waals surface area contributed by atoms with Crippen LogP contribution in [0, 0.1) is 0 Å². The standard InChI is InChI=1S/C56H54O2S2/c1-3-5-7-9-11-13-15-37-17-18-41-31-46-48-35-53-49(36-52(48)57-50(46)33-43(41)29-37)47-32-42-24-23-40(30-44(42)34-51(47)58-53)38-19-21-39(22-20-38)54-27-28-56(60-54)55-26-25-45(59-55)16-14-12-10-8-6-4-2/h17-36H,3-16H2,1-2H3. The number of aryl methyl sites for hydroxylation is 2. The minimum absolute atomic E-state index is 0.894. The van der Waals surface area contributed by atoms with Crippen molar-refractivity contribution in [2.24, 2.45) is 0 Å². The summed E-state index contributed by atoms with van der Waals surface area (Å²) < 4.78 is 13.2. The van der Waals surface area contributed by atoms with Crippen molar-refractivity contribution in [3.63, 3.8) is 0 Å². The molecule has 4 aromatic heterocycles. The van der Waals surface area contributed by atoms with Crippen LogP contribution in [0.5, 0.6) is 0 Å². The molecule has 0 radical (unpaired) electrons. The minimum atomic E-state index is 0.894. The zero-order chi connectivity index (χ0) is 40.4. The van der Waals surface area contributed by atoms with Crippen molar-refractivity contribution in [2.75, 3.05) is 0 Å². The summed E-state index contributed by atoms with van der Waals surface area (Å²) in [5.41, 5.74) is 8.74. The van der Waals surface area contributed by atoms with E-state index in [9.17, 15) is 0 Å². The van der Waals surface area contributed by atoms with Gasteiger partial charge in [0.05, 0.1) is 0 Å². The highest BCUT2D eigenvalue weighted by Gasteiger charge is 2.16. The quantitative estimate of drug-likeness (QED) is 0.0855. The molecule has 0 aliphatic heterocycles. The van der Waals surface area contributed by atoms with Gasteiger partial charge in [0.25, 0.3) is 0 Å². The third-order valence-corrected chi connectivity index (χ3v) is 15.1. The Morgan fingerprint density at radius 1 is 0.350 bits per heavy atom. The van der Waals surface area contributed by atoms with E-state index >= 15 is 0 Å². The van der Waals surface area contributed by atoms with Gasteiger partial charge in [0.15, 0.2) is 0 Å². The van der Waals surface area contributed by atoms with Crippen molar-refractivity contribution in [3.05, 3.63) is 132 Å². The van der Waals surface area contributed by atoms with Crippen LogP contribution in [0.1, 0.15) is 101 Å². The summed E-state index contributed by atoms with van der Waals surface area (Å²) in [6, 6.07) is 45.4. The molecule has 0 saturated carbocycles. The number of furan rings is 2. The first-order valence-corrected chi connectivity index (χ1v) is 24.2. The summed E-state index contributed by atoms with van der Waals surface area (Å²) in [4.78, 5) is 5.58. The SMILES string of the molecule is CCCCCCCCc1ccc2cc3c(cc2c1)oc1cc2c(cc13)oc1cc3cc(-c4ccc(-c5ccc(-c6ccc(CCCCCCCC)s6)s5)cc4)ccc3cc12. The van der Waals surface area contributed by atoms with E-state index in [0.717, 1.165) is 50.3 Å². The Bertz CT molecular complexity index is 3080. The smallest absolute Gasteiger partial charge is 0.136 e. The molecule has 0 unspecified atom stereocenters. The molecule has 4 heteroatoms. The molecule has 302 valence electrons. The summed E-state index contributed by atoms with van der Waals surface area (Å²) in [7, 11) is 0. The van der Waals surface area contributed by atoms with E-state index in [1.807, 2.05) is 22.7 Å². The fourth-order valence-electron chi connectivity index (χ4n) is 9.20. The van der Waals surface area contributed by atoms with E-state index in [1.165, 1.54) is 147 Å². The summed E-state index contributed by atoms with van der Waals surface area (Å²) in [5, 5.41) is 9.32. The molecule has 0 aliphatic carbocycles. The lowest BCUT2D eigenvalue weighted by atomic mass is 9.98. The fourth-order valence-corrected chi connectivity index (χ4v) is 11.4. The Kier molecular flexibility index (Phi) is 11.3. The van der Waals surface area contributed by atoms with Gasteiger partial charge >= 0.3 is 0 Å². The number of thiophene rings is 2. The molecule has 10 aromatic rings. The molecule has 0 aliphatic rings. The maximum atomic E-state index is 6.60. The second kappa shape index (κ2) is 17.4. The number of hydrogen-bond acceptors (Lipinski definition) is 4. The van der Waals surface area contributed by atoms with E-state index in [-0.39, 0.29) is 0 Å². The van der Waals surface area contributed by atoms with Crippen LogP contribution in [0.4, 0.5) is 0 Å². The maximum absolute atomic E-state index is 6.60. The summed E-state index contributed by atoms with van der Waals surface area (Å²) in [5.74, 6) is 0. The van der Waals surface area contributed by atoms with Crippen LogP contribution in [-0.2, 0) is 12.8 Å². The zero-order valence-corrected chi connectivity index (χ0v) is 36.7. The Balaban J connectivity index is 0.855. The highest BCUT2D eigenvalue weighted by Crippen LogP contribution is 2.41. The molecule has 0 spiro atoms. The molecule has 0 atom stereocenters. The summed E-state index contributed by atoms with van der Waals surface area (Å²) in [6.45, 7) is 4.56. The van der Waals surface area contributed by atoms with Gasteiger partial charge in [0, 0.05) is 41.1 Å². The molecular formula is C56H54O2S2. The van der Waals surface area contributed by atoms with E-state index in [4.69, 9.17) is 8.83 Å². The largest absolute Gasteiger partial charge is 0.456 e. The molecule has 0 bridgehead atoms. The highest BCUT2D eigenvalue weighted by atomic mass is 32.1. The van der Waals surface area contributed by atoms with Crippen molar-refractivity contribution in [1.82, 2.24) is 0 Å². The first-order valence-electron chi connectivity index (χ1n) is 22.6. The Labute approximate surface area is 361 Å². The monoisotopic (exact) mass is 822 g/mol. The van der Waals surface area contributed by atoms with Crippen LogP contribution >= 0.6 is 22.7 Å². The maximum Gasteiger partial charge on any atom is 0.136 e. The number of hydrogen-bond donors (Lipinski definition) is 0. The van der Waals surface area contributed by atoms with Gasteiger partial charge in [-0.15, -0.1) is 22.7 Å². The minimum Gasteiger partial charge on any atom is -0.456 e. The van der Waals surface area contributed by atoms with E-state index in [0.29, 0.717) is 0 Å². The van der Waals surface area contributed by atoms with Crippen molar-refractivity contribution in [3.8, 4) is 31.3 Å². The van der Waals surface area contributed by atoms with Gasteiger partial charge < -0.3 is 8.83 Å². The highest BCUT2D eigenvalue weighted by molar-refractivity contribution is 7.23. The number of rotatable bonds is 17. The van der Waals surface area contributed by atoms with Crippen molar-refractivity contribution >= 4 is 88.1 Å². The predicted octanol–water partition coefficient (Wildman–Crippen LogP) is 18.7. The van der Waals surface area contributed by atoms with E-state index in [1.54, 1.807) is 0 Å². The number of benzene rings is 6. The van der Waals surface area contributed by atoms with Crippen molar-refractivity contribution in [1.29, 1.82) is 0 Å². The second-order valence-corrected chi connectivity index (χ2v) is 19.3. The number of unbranched alkanes of at least 4 members (excludes halogenated alkanes) is 10. The Morgan fingerprint density at radius 2 is 0.850 bits per heavy atom. The Hall–Kier alpha value is -5.16. The molecule has 60 heavy (non-hydrogen) atoms. The molecule has 0 amide bonds. The molecule has 0 fully saturated rings. The van der Waals surface area contributed by atoms with Gasteiger partial charge in [-0.3, -0.25) is 0 Å². The third-order valence-electron chi connectivity index (χ3n) is 12.7. The normalized spacial score (nSPS) is 12.1. The number of fused-ring (bicyclic) bond motifs is 8. The first kappa shape index (κ1) is 39.0. The zero-order valence-electron chi connectivity index (χ0n) is 35.1. The fraction of sp³-hybridized carbons (Fsp3) is 0.286. The second-order valence-electron chi connectivity index (χ2n) is 17.0. The lowest BCUT2D eigenvalue weighted by Crippen LogP contribution is -1.87. The molecule has 6 aromatic carbocycles. The van der Waals surface area contributed by atoms with Crippen LogP contribution in [-0.4, -0.2) is 0 Å². The van der Waals surface area contributed by atoms with Crippen LogP contribution in [0.3, 0.4) is 0 Å². The van der Waals surface area contributed by atoms with Gasteiger partial charge in [-0.2, -0.15) is 0 Å². The van der Waals surface area contributed by atoms with Gasteiger partial charge in [-0.1, -0.05) is 133 Å². The van der Waals surface area contributed by atoms with Gasteiger partial charge in [-0.25, -0.2) is 0 Å². The average molecular weight is 823 g/mol. The third kappa shape index (κ3) is 8.05. The van der Waals surface area contributed by atoms with Gasteiger partial charge in [0.1, 0.15) is 22.3 Å². The average Bonchev–Trinajstić information content (AvgIpc) is 4.09. The van der Waals surface area contributed by atoms with E-state index in [2.05, 4.69) is 135 Å². The molecule has 0 saturated heterocycles. The first-order chi connectivity index (χ1) is 29.6. The van der Waals surface area contributed by atoms with Crippen molar-refractivity contribution in [2.45, 2.75) is 104 Å². The van der Waals surface area contributed by atoms with Gasteiger partial charge in [0.2, 0.25) is 0 Å². The molecular weight excluding hydrogens is 769 g/mol. The predicted molar refractivity (Wildman–Crippen MR) is 262 cm³/mol. The van der Waals surface area contributed by atoms with Crippen LogP contribution < -0.4 is 0 Å². The summed E-state index contributed by atoms with van der Waals surface area (Å²) >= 11 is 3.87. The lowest BCUT2D eigenvalue weighted by molar-refractivity contribution is 0.607. The molecule has 2 nitrogen and oxygen atoms in total. The Morgan fingerprint density at radius 3 is 1.53 bits per heavy atom. The summed E-state index contributed by atoms with van der Waals surface area (Å²) in [6.07, 6.45) is 18.4. The molecule has 4 heterocycles. The topological polar surface area (TPSA) is 26.3 Å². The van der Waals surface area contributed by atoms with Crippen LogP contribution in [0.2, 0.25) is 0 Å². The van der Waals surface area contributed by atoms with Gasteiger partial charge in [-0.05, 0) is 136 Å². The van der Waals surface area contributed by atoms with Crippen LogP contribution in [0.25, 0.3) is 96.7 Å². The molecule has 10 rings (SSSR count).